The van der Waals surface area contributed by atoms with Crippen LogP contribution in [-0.2, 0) is 10.8 Å². The smallest absolute Gasteiger partial charge is 0.0590 e. The van der Waals surface area contributed by atoms with E-state index in [1.54, 1.807) is 0 Å². The van der Waals surface area contributed by atoms with Crippen molar-refractivity contribution in [1.29, 1.82) is 0 Å². The Labute approximate surface area is 136 Å². The number of rotatable bonds is 2. The molecule has 0 spiro atoms. The van der Waals surface area contributed by atoms with E-state index in [-0.39, 0.29) is 21.6 Å². The van der Waals surface area contributed by atoms with Gasteiger partial charge in [0.05, 0.1) is 5.38 Å². The Balaban J connectivity index is 2.42. The molecule has 0 aliphatic heterocycles. The molecule has 21 heavy (non-hydrogen) atoms. The number of halogens is 1. The van der Waals surface area contributed by atoms with Gasteiger partial charge in [-0.05, 0) is 52.2 Å². The second kappa shape index (κ2) is 5.30. The zero-order chi connectivity index (χ0) is 16.1. The van der Waals surface area contributed by atoms with Crippen LogP contribution in [0.2, 0.25) is 0 Å². The van der Waals surface area contributed by atoms with Crippen molar-refractivity contribution in [2.45, 2.75) is 83.9 Å². The Kier molecular flexibility index (Phi) is 4.26. The van der Waals surface area contributed by atoms with Crippen molar-refractivity contribution >= 4 is 11.6 Å². The van der Waals surface area contributed by atoms with Gasteiger partial charge in [0.15, 0.2) is 0 Å². The standard InChI is InChI=1S/C20H31Cl/c1-18(2,3)13-17(21)14-8-9-15-16(12-14)20(6,7)11-10-19(15,4)5/h8-9,12,17H,10-11,13H2,1-7H3. The van der Waals surface area contributed by atoms with Crippen molar-refractivity contribution in [3.8, 4) is 0 Å². The van der Waals surface area contributed by atoms with Crippen LogP contribution in [0, 0.1) is 5.41 Å². The average molecular weight is 307 g/mol. The molecule has 0 bridgehead atoms. The Morgan fingerprint density at radius 1 is 1.00 bits per heavy atom. The molecule has 0 heterocycles. The molecule has 0 saturated heterocycles. The van der Waals surface area contributed by atoms with Crippen LogP contribution < -0.4 is 0 Å². The maximum atomic E-state index is 6.70. The molecule has 1 aromatic carbocycles. The Bertz CT molecular complexity index is 517. The van der Waals surface area contributed by atoms with Gasteiger partial charge in [0.2, 0.25) is 0 Å². The molecule has 1 aliphatic rings. The molecule has 1 aromatic rings. The lowest BCUT2D eigenvalue weighted by molar-refractivity contribution is 0.331. The lowest BCUT2D eigenvalue weighted by atomic mass is 9.63. The third-order valence-corrected chi connectivity index (χ3v) is 5.44. The lowest BCUT2D eigenvalue weighted by Crippen LogP contribution is -2.34. The average Bonchev–Trinajstić information content (AvgIpc) is 2.33. The van der Waals surface area contributed by atoms with Gasteiger partial charge in [-0.2, -0.15) is 0 Å². The van der Waals surface area contributed by atoms with Crippen LogP contribution in [0.5, 0.6) is 0 Å². The molecule has 0 aromatic heterocycles. The van der Waals surface area contributed by atoms with Crippen LogP contribution >= 0.6 is 11.6 Å². The third-order valence-electron chi connectivity index (χ3n) is 5.03. The number of hydrogen-bond donors (Lipinski definition) is 0. The minimum Gasteiger partial charge on any atom is -0.118 e. The zero-order valence-corrected chi connectivity index (χ0v) is 15.6. The largest absolute Gasteiger partial charge is 0.118 e. The highest BCUT2D eigenvalue weighted by Gasteiger charge is 2.37. The van der Waals surface area contributed by atoms with Crippen LogP contribution in [0.15, 0.2) is 18.2 Å². The summed E-state index contributed by atoms with van der Waals surface area (Å²) < 4.78 is 0. The Morgan fingerprint density at radius 2 is 1.52 bits per heavy atom. The van der Waals surface area contributed by atoms with Gasteiger partial charge in [-0.25, -0.2) is 0 Å². The van der Waals surface area contributed by atoms with Crippen molar-refractivity contribution in [1.82, 2.24) is 0 Å². The molecule has 0 amide bonds. The molecule has 1 atom stereocenters. The van der Waals surface area contributed by atoms with E-state index in [0.717, 1.165) is 6.42 Å². The maximum absolute atomic E-state index is 6.70. The second-order valence-corrected chi connectivity index (χ2v) is 9.83. The van der Waals surface area contributed by atoms with Gasteiger partial charge >= 0.3 is 0 Å². The third kappa shape index (κ3) is 3.65. The zero-order valence-electron chi connectivity index (χ0n) is 14.8. The van der Waals surface area contributed by atoms with E-state index in [1.165, 1.54) is 29.5 Å². The highest BCUT2D eigenvalue weighted by molar-refractivity contribution is 6.20. The number of hydrogen-bond acceptors (Lipinski definition) is 0. The van der Waals surface area contributed by atoms with Gasteiger partial charge in [-0.15, -0.1) is 11.6 Å². The first-order chi connectivity index (χ1) is 9.42. The summed E-state index contributed by atoms with van der Waals surface area (Å²) in [5, 5.41) is 0.108. The summed E-state index contributed by atoms with van der Waals surface area (Å²) in [6, 6.07) is 6.98. The predicted octanol–water partition coefficient (Wildman–Crippen LogP) is 6.75. The molecule has 0 radical (unpaired) electrons. The van der Waals surface area contributed by atoms with Gasteiger partial charge in [0.25, 0.3) is 0 Å². The fourth-order valence-corrected chi connectivity index (χ4v) is 4.06. The van der Waals surface area contributed by atoms with Crippen molar-refractivity contribution < 1.29 is 0 Å². The number of alkyl halides is 1. The quantitative estimate of drug-likeness (QED) is 0.530. The molecular weight excluding hydrogens is 276 g/mol. The molecule has 1 heteroatoms. The van der Waals surface area contributed by atoms with Crippen LogP contribution in [0.4, 0.5) is 0 Å². The fraction of sp³-hybridized carbons (Fsp3) is 0.700. The first kappa shape index (κ1) is 16.9. The Morgan fingerprint density at radius 3 is 2.05 bits per heavy atom. The summed E-state index contributed by atoms with van der Waals surface area (Å²) in [5.41, 5.74) is 5.12. The summed E-state index contributed by atoms with van der Waals surface area (Å²) in [5.74, 6) is 0. The lowest BCUT2D eigenvalue weighted by Gasteiger charge is -2.42. The topological polar surface area (TPSA) is 0 Å². The van der Waals surface area contributed by atoms with Gasteiger partial charge < -0.3 is 0 Å². The molecule has 0 fully saturated rings. The molecule has 0 saturated carbocycles. The highest BCUT2D eigenvalue weighted by atomic mass is 35.5. The van der Waals surface area contributed by atoms with Gasteiger partial charge in [0.1, 0.15) is 0 Å². The molecule has 0 N–H and O–H groups in total. The van der Waals surface area contributed by atoms with E-state index in [2.05, 4.69) is 66.7 Å². The summed E-state index contributed by atoms with van der Waals surface area (Å²) in [6.45, 7) is 16.3. The van der Waals surface area contributed by atoms with E-state index in [9.17, 15) is 0 Å². The van der Waals surface area contributed by atoms with Crippen molar-refractivity contribution in [2.24, 2.45) is 5.41 Å². The first-order valence-corrected chi connectivity index (χ1v) is 8.65. The second-order valence-electron chi connectivity index (χ2n) is 9.31. The molecule has 118 valence electrons. The van der Waals surface area contributed by atoms with Gasteiger partial charge in [0, 0.05) is 0 Å². The summed E-state index contributed by atoms with van der Waals surface area (Å²) >= 11 is 6.70. The van der Waals surface area contributed by atoms with Gasteiger partial charge in [-0.3, -0.25) is 0 Å². The van der Waals surface area contributed by atoms with Crippen LogP contribution in [-0.4, -0.2) is 0 Å². The maximum Gasteiger partial charge on any atom is 0.0590 e. The minimum atomic E-state index is 0.108. The van der Waals surface area contributed by atoms with Crippen LogP contribution in [0.25, 0.3) is 0 Å². The first-order valence-electron chi connectivity index (χ1n) is 8.21. The highest BCUT2D eigenvalue weighted by Crippen LogP contribution is 2.47. The summed E-state index contributed by atoms with van der Waals surface area (Å²) in [6.07, 6.45) is 3.53. The minimum absolute atomic E-state index is 0.108. The van der Waals surface area contributed by atoms with Crippen molar-refractivity contribution in [3.05, 3.63) is 34.9 Å². The summed E-state index contributed by atoms with van der Waals surface area (Å²) in [4.78, 5) is 0. The molecule has 2 rings (SSSR count). The normalized spacial score (nSPS) is 21.7. The molecule has 1 unspecified atom stereocenters. The van der Waals surface area contributed by atoms with E-state index < -0.39 is 0 Å². The van der Waals surface area contributed by atoms with Crippen molar-refractivity contribution in [2.75, 3.05) is 0 Å². The fourth-order valence-electron chi connectivity index (χ4n) is 3.46. The number of benzene rings is 1. The molecule has 1 aliphatic carbocycles. The van der Waals surface area contributed by atoms with E-state index in [4.69, 9.17) is 11.6 Å². The van der Waals surface area contributed by atoms with E-state index in [1.807, 2.05) is 0 Å². The monoisotopic (exact) mass is 306 g/mol. The van der Waals surface area contributed by atoms with E-state index >= 15 is 0 Å². The number of fused-ring (bicyclic) bond motifs is 1. The predicted molar refractivity (Wildman–Crippen MR) is 94.4 cm³/mol. The SMILES string of the molecule is CC(C)(C)CC(Cl)c1ccc2c(c1)C(C)(C)CCC2(C)C. The molecular formula is C20H31Cl. The van der Waals surface area contributed by atoms with Crippen LogP contribution in [0.1, 0.15) is 89.8 Å². The summed E-state index contributed by atoms with van der Waals surface area (Å²) in [7, 11) is 0. The van der Waals surface area contributed by atoms with Crippen molar-refractivity contribution in [3.63, 3.8) is 0 Å². The van der Waals surface area contributed by atoms with E-state index in [0.29, 0.717) is 0 Å². The Hall–Kier alpha value is -0.490. The van der Waals surface area contributed by atoms with Gasteiger partial charge in [-0.1, -0.05) is 66.7 Å². The van der Waals surface area contributed by atoms with Crippen LogP contribution in [0.3, 0.4) is 0 Å². The molecule has 0 nitrogen and oxygen atoms in total.